The Kier molecular flexibility index (Phi) is 5.68. The number of aliphatic hydroxyl groups excluding tert-OH is 1. The van der Waals surface area contributed by atoms with E-state index in [2.05, 4.69) is 11.8 Å². The molecule has 1 aromatic rings. The Labute approximate surface area is 100 Å². The third-order valence-corrected chi connectivity index (χ3v) is 2.38. The van der Waals surface area contributed by atoms with Crippen molar-refractivity contribution in [3.05, 3.63) is 23.7 Å². The van der Waals surface area contributed by atoms with E-state index < -0.39 is 0 Å². The largest absolute Gasteiger partial charge is 0.467 e. The SMILES string of the molecule is CCCN(CCO)Cc1cc(C(=O)NN)co1. The van der Waals surface area contributed by atoms with Crippen LogP contribution in [-0.2, 0) is 6.54 Å². The Morgan fingerprint density at radius 3 is 2.94 bits per heavy atom. The molecule has 0 unspecified atom stereocenters. The van der Waals surface area contributed by atoms with Gasteiger partial charge in [0.15, 0.2) is 0 Å². The van der Waals surface area contributed by atoms with Crippen LogP contribution in [-0.4, -0.2) is 35.6 Å². The van der Waals surface area contributed by atoms with Crippen LogP contribution in [0, 0.1) is 0 Å². The average molecular weight is 241 g/mol. The van der Waals surface area contributed by atoms with Crippen LogP contribution in [0.25, 0.3) is 0 Å². The second kappa shape index (κ2) is 7.05. The molecular weight excluding hydrogens is 222 g/mol. The number of aliphatic hydroxyl groups is 1. The molecule has 1 aromatic heterocycles. The Bertz CT molecular complexity index is 345. The van der Waals surface area contributed by atoms with E-state index in [1.54, 1.807) is 6.07 Å². The number of rotatable bonds is 7. The number of carbonyl (C=O) groups excluding carboxylic acids is 1. The van der Waals surface area contributed by atoms with Gasteiger partial charge >= 0.3 is 0 Å². The predicted molar refractivity (Wildman–Crippen MR) is 63.0 cm³/mol. The van der Waals surface area contributed by atoms with Gasteiger partial charge in [-0.05, 0) is 19.0 Å². The van der Waals surface area contributed by atoms with Crippen molar-refractivity contribution in [2.45, 2.75) is 19.9 Å². The molecule has 1 heterocycles. The number of carbonyl (C=O) groups is 1. The van der Waals surface area contributed by atoms with Gasteiger partial charge in [0.05, 0.1) is 18.7 Å². The summed E-state index contributed by atoms with van der Waals surface area (Å²) in [4.78, 5) is 13.3. The molecular formula is C11H19N3O3. The quantitative estimate of drug-likeness (QED) is 0.357. The Hall–Kier alpha value is -1.37. The van der Waals surface area contributed by atoms with Crippen molar-refractivity contribution in [3.63, 3.8) is 0 Å². The summed E-state index contributed by atoms with van der Waals surface area (Å²) < 4.78 is 5.27. The van der Waals surface area contributed by atoms with Crippen LogP contribution >= 0.6 is 0 Å². The van der Waals surface area contributed by atoms with Crippen LogP contribution < -0.4 is 11.3 Å². The smallest absolute Gasteiger partial charge is 0.268 e. The molecule has 0 aliphatic carbocycles. The van der Waals surface area contributed by atoms with E-state index >= 15 is 0 Å². The summed E-state index contributed by atoms with van der Waals surface area (Å²) in [6.45, 7) is 4.22. The highest BCUT2D eigenvalue weighted by molar-refractivity contribution is 5.93. The number of hydrogen-bond acceptors (Lipinski definition) is 5. The van der Waals surface area contributed by atoms with Crippen molar-refractivity contribution in [2.75, 3.05) is 19.7 Å². The number of amides is 1. The van der Waals surface area contributed by atoms with E-state index in [0.717, 1.165) is 13.0 Å². The molecule has 6 nitrogen and oxygen atoms in total. The highest BCUT2D eigenvalue weighted by Gasteiger charge is 2.11. The van der Waals surface area contributed by atoms with Gasteiger partial charge in [0.25, 0.3) is 5.91 Å². The van der Waals surface area contributed by atoms with Gasteiger partial charge in [-0.25, -0.2) is 5.84 Å². The van der Waals surface area contributed by atoms with Gasteiger partial charge in [0.2, 0.25) is 0 Å². The Balaban J connectivity index is 2.60. The summed E-state index contributed by atoms with van der Waals surface area (Å²) in [6, 6.07) is 1.65. The standard InChI is InChI=1S/C11H19N3O3/c1-2-3-14(4-5-15)7-10-6-9(8-17-10)11(16)13-12/h6,8,15H,2-5,7,12H2,1H3,(H,13,16). The van der Waals surface area contributed by atoms with Gasteiger partial charge in [0, 0.05) is 6.54 Å². The topological polar surface area (TPSA) is 91.7 Å². The van der Waals surface area contributed by atoms with Crippen LogP contribution in [0.4, 0.5) is 0 Å². The van der Waals surface area contributed by atoms with Crippen LogP contribution in [0.5, 0.6) is 0 Å². The molecule has 6 heteroatoms. The number of nitrogens with one attached hydrogen (secondary N) is 1. The van der Waals surface area contributed by atoms with E-state index in [4.69, 9.17) is 15.4 Å². The summed E-state index contributed by atoms with van der Waals surface area (Å²) in [5, 5.41) is 8.92. The highest BCUT2D eigenvalue weighted by Crippen LogP contribution is 2.10. The molecule has 17 heavy (non-hydrogen) atoms. The minimum atomic E-state index is -0.371. The normalized spacial score (nSPS) is 10.8. The molecule has 1 rings (SSSR count). The maximum absolute atomic E-state index is 11.2. The van der Waals surface area contributed by atoms with Gasteiger partial charge in [-0.2, -0.15) is 0 Å². The first-order valence-electron chi connectivity index (χ1n) is 5.62. The predicted octanol–water partition coefficient (Wildman–Crippen LogP) is 0.0874. The van der Waals surface area contributed by atoms with Crippen molar-refractivity contribution in [1.82, 2.24) is 10.3 Å². The van der Waals surface area contributed by atoms with Crippen molar-refractivity contribution in [2.24, 2.45) is 5.84 Å². The monoisotopic (exact) mass is 241 g/mol. The average Bonchev–Trinajstić information content (AvgIpc) is 2.77. The molecule has 0 bridgehead atoms. The fraction of sp³-hybridized carbons (Fsp3) is 0.545. The van der Waals surface area contributed by atoms with E-state index in [1.807, 2.05) is 5.43 Å². The number of hydrazine groups is 1. The molecule has 96 valence electrons. The number of furan rings is 1. The highest BCUT2D eigenvalue weighted by atomic mass is 16.3. The molecule has 0 atom stereocenters. The fourth-order valence-corrected chi connectivity index (χ4v) is 1.61. The first-order valence-corrected chi connectivity index (χ1v) is 5.62. The minimum Gasteiger partial charge on any atom is -0.467 e. The van der Waals surface area contributed by atoms with Crippen LogP contribution in [0.15, 0.2) is 16.7 Å². The zero-order chi connectivity index (χ0) is 12.7. The van der Waals surface area contributed by atoms with Gasteiger partial charge in [0.1, 0.15) is 12.0 Å². The lowest BCUT2D eigenvalue weighted by Crippen LogP contribution is -2.29. The van der Waals surface area contributed by atoms with Crippen LogP contribution in [0.3, 0.4) is 0 Å². The maximum atomic E-state index is 11.2. The zero-order valence-corrected chi connectivity index (χ0v) is 9.98. The lowest BCUT2D eigenvalue weighted by atomic mass is 10.3. The molecule has 0 aliphatic heterocycles. The van der Waals surface area contributed by atoms with Crippen LogP contribution in [0.2, 0.25) is 0 Å². The number of nitrogen functional groups attached to an aromatic ring is 1. The molecule has 4 N–H and O–H groups in total. The number of hydrogen-bond donors (Lipinski definition) is 3. The van der Waals surface area contributed by atoms with E-state index in [-0.39, 0.29) is 12.5 Å². The van der Waals surface area contributed by atoms with Crippen molar-refractivity contribution in [1.29, 1.82) is 0 Å². The van der Waals surface area contributed by atoms with E-state index in [0.29, 0.717) is 24.4 Å². The third-order valence-electron chi connectivity index (χ3n) is 2.38. The Morgan fingerprint density at radius 2 is 2.35 bits per heavy atom. The zero-order valence-electron chi connectivity index (χ0n) is 9.98. The van der Waals surface area contributed by atoms with Gasteiger partial charge < -0.3 is 9.52 Å². The molecule has 0 radical (unpaired) electrons. The van der Waals surface area contributed by atoms with E-state index in [9.17, 15) is 4.79 Å². The van der Waals surface area contributed by atoms with Gasteiger partial charge in [-0.3, -0.25) is 15.1 Å². The second-order valence-electron chi connectivity index (χ2n) is 3.77. The lowest BCUT2D eigenvalue weighted by Gasteiger charge is -2.18. The Morgan fingerprint density at radius 1 is 1.59 bits per heavy atom. The number of nitrogens with zero attached hydrogens (tertiary/aromatic N) is 1. The van der Waals surface area contributed by atoms with Crippen molar-refractivity contribution in [3.8, 4) is 0 Å². The number of nitrogens with two attached hydrogens (primary N) is 1. The van der Waals surface area contributed by atoms with Gasteiger partial charge in [-0.15, -0.1) is 0 Å². The van der Waals surface area contributed by atoms with E-state index in [1.165, 1.54) is 6.26 Å². The lowest BCUT2D eigenvalue weighted by molar-refractivity contribution is 0.0953. The molecule has 0 saturated heterocycles. The molecule has 0 spiro atoms. The summed E-state index contributed by atoms with van der Waals surface area (Å²) in [7, 11) is 0. The maximum Gasteiger partial charge on any atom is 0.268 e. The fourth-order valence-electron chi connectivity index (χ4n) is 1.61. The minimum absolute atomic E-state index is 0.108. The molecule has 0 aliphatic rings. The van der Waals surface area contributed by atoms with Crippen molar-refractivity contribution >= 4 is 5.91 Å². The molecule has 0 saturated carbocycles. The summed E-state index contributed by atoms with van der Waals surface area (Å²) in [5.41, 5.74) is 2.45. The molecule has 0 fully saturated rings. The third kappa shape index (κ3) is 4.18. The van der Waals surface area contributed by atoms with Gasteiger partial charge in [-0.1, -0.05) is 6.92 Å². The summed E-state index contributed by atoms with van der Waals surface area (Å²) in [6.07, 6.45) is 2.37. The van der Waals surface area contributed by atoms with Crippen LogP contribution in [0.1, 0.15) is 29.5 Å². The first kappa shape index (κ1) is 13.7. The summed E-state index contributed by atoms with van der Waals surface area (Å²) in [5.74, 6) is 5.34. The molecule has 0 aromatic carbocycles. The first-order chi connectivity index (χ1) is 8.21. The van der Waals surface area contributed by atoms with Crippen molar-refractivity contribution < 1.29 is 14.3 Å². The summed E-state index contributed by atoms with van der Waals surface area (Å²) >= 11 is 0. The second-order valence-corrected chi connectivity index (χ2v) is 3.77. The molecule has 1 amide bonds.